The number of rotatable bonds is 6. The van der Waals surface area contributed by atoms with Crippen LogP contribution in [0.15, 0.2) is 24.3 Å². The lowest BCUT2D eigenvalue weighted by Crippen LogP contribution is -2.46. The Morgan fingerprint density at radius 2 is 2.04 bits per heavy atom. The van der Waals surface area contributed by atoms with Crippen molar-refractivity contribution in [2.75, 3.05) is 25.0 Å². The Kier molecular flexibility index (Phi) is 5.57. The van der Waals surface area contributed by atoms with Crippen molar-refractivity contribution in [3.63, 3.8) is 0 Å². The summed E-state index contributed by atoms with van der Waals surface area (Å²) in [5, 5.41) is 18.0. The Bertz CT molecular complexity index is 808. The van der Waals surface area contributed by atoms with E-state index in [0.29, 0.717) is 18.6 Å². The SMILES string of the molecule is CC1CCN([C@@H](C)CNC(=O)Nc2cccc(-c3nnnn3C3CC3)c2)CC1. The summed E-state index contributed by atoms with van der Waals surface area (Å²) < 4.78 is 1.88. The molecule has 1 aromatic heterocycles. The van der Waals surface area contributed by atoms with Crippen molar-refractivity contribution < 1.29 is 4.79 Å². The lowest BCUT2D eigenvalue weighted by Gasteiger charge is -2.34. The predicted octanol–water partition coefficient (Wildman–Crippen LogP) is 2.92. The standard InChI is InChI=1S/C20H29N7O/c1-14-8-10-26(11-9-14)15(2)13-21-20(28)22-17-5-3-4-16(12-17)19-23-24-25-27(19)18-6-7-18/h3-5,12,14-15,18H,6-11,13H2,1-2H3,(H2,21,22,28)/t15-/m0/s1. The monoisotopic (exact) mass is 383 g/mol. The minimum atomic E-state index is -0.184. The van der Waals surface area contributed by atoms with E-state index in [1.54, 1.807) is 0 Å². The third kappa shape index (κ3) is 4.49. The van der Waals surface area contributed by atoms with E-state index in [0.717, 1.165) is 48.9 Å². The molecule has 2 fully saturated rings. The van der Waals surface area contributed by atoms with Crippen molar-refractivity contribution in [1.82, 2.24) is 30.4 Å². The van der Waals surface area contributed by atoms with Gasteiger partial charge in [0.2, 0.25) is 0 Å². The smallest absolute Gasteiger partial charge is 0.319 e. The number of hydrogen-bond donors (Lipinski definition) is 2. The Morgan fingerprint density at radius 3 is 2.79 bits per heavy atom. The fourth-order valence-electron chi connectivity index (χ4n) is 3.70. The van der Waals surface area contributed by atoms with E-state index >= 15 is 0 Å². The second-order valence-corrected chi connectivity index (χ2v) is 8.16. The highest BCUT2D eigenvalue weighted by molar-refractivity contribution is 5.89. The van der Waals surface area contributed by atoms with E-state index in [4.69, 9.17) is 0 Å². The number of aromatic nitrogens is 4. The molecule has 2 N–H and O–H groups in total. The fourth-order valence-corrected chi connectivity index (χ4v) is 3.70. The first-order chi connectivity index (χ1) is 13.6. The molecule has 8 heteroatoms. The van der Waals surface area contributed by atoms with Crippen LogP contribution < -0.4 is 10.6 Å². The van der Waals surface area contributed by atoms with Crippen LogP contribution in [0, 0.1) is 5.92 Å². The number of amides is 2. The molecule has 4 rings (SSSR count). The first-order valence-electron chi connectivity index (χ1n) is 10.3. The summed E-state index contributed by atoms with van der Waals surface area (Å²) >= 11 is 0. The number of benzene rings is 1. The Labute approximate surface area is 165 Å². The van der Waals surface area contributed by atoms with E-state index < -0.39 is 0 Å². The average molecular weight is 384 g/mol. The lowest BCUT2D eigenvalue weighted by molar-refractivity contribution is 0.146. The second-order valence-electron chi connectivity index (χ2n) is 8.16. The van der Waals surface area contributed by atoms with Crippen molar-refractivity contribution in [2.45, 2.75) is 51.6 Å². The highest BCUT2D eigenvalue weighted by Gasteiger charge is 2.28. The van der Waals surface area contributed by atoms with Gasteiger partial charge >= 0.3 is 6.03 Å². The molecule has 28 heavy (non-hydrogen) atoms. The number of nitrogens with zero attached hydrogens (tertiary/aromatic N) is 5. The van der Waals surface area contributed by atoms with Crippen LogP contribution in [0.3, 0.4) is 0 Å². The highest BCUT2D eigenvalue weighted by Crippen LogP contribution is 2.36. The van der Waals surface area contributed by atoms with Gasteiger partial charge in [-0.3, -0.25) is 4.90 Å². The van der Waals surface area contributed by atoms with Crippen molar-refractivity contribution in [3.8, 4) is 11.4 Å². The van der Waals surface area contributed by atoms with Gasteiger partial charge in [-0.05, 0) is 74.2 Å². The molecule has 1 saturated carbocycles. The van der Waals surface area contributed by atoms with Crippen LogP contribution in [-0.4, -0.2) is 56.8 Å². The molecule has 2 aliphatic rings. The van der Waals surface area contributed by atoms with Crippen LogP contribution >= 0.6 is 0 Å². The molecule has 0 radical (unpaired) electrons. The number of anilines is 1. The van der Waals surface area contributed by atoms with Gasteiger partial charge in [-0.2, -0.15) is 0 Å². The van der Waals surface area contributed by atoms with E-state index in [9.17, 15) is 4.79 Å². The summed E-state index contributed by atoms with van der Waals surface area (Å²) in [7, 11) is 0. The van der Waals surface area contributed by atoms with Gasteiger partial charge in [0, 0.05) is 23.8 Å². The molecule has 2 amide bonds. The maximum absolute atomic E-state index is 12.3. The van der Waals surface area contributed by atoms with Crippen molar-refractivity contribution in [3.05, 3.63) is 24.3 Å². The minimum Gasteiger partial charge on any atom is -0.336 e. The zero-order valence-corrected chi connectivity index (χ0v) is 16.6. The molecule has 8 nitrogen and oxygen atoms in total. The number of carbonyl (C=O) groups is 1. The number of urea groups is 1. The van der Waals surface area contributed by atoms with Gasteiger partial charge in [-0.15, -0.1) is 5.10 Å². The summed E-state index contributed by atoms with van der Waals surface area (Å²) in [5.74, 6) is 1.56. The van der Waals surface area contributed by atoms with E-state index in [1.807, 2.05) is 28.9 Å². The molecule has 1 atom stereocenters. The number of tetrazole rings is 1. The lowest BCUT2D eigenvalue weighted by atomic mass is 9.98. The van der Waals surface area contributed by atoms with Crippen LogP contribution in [-0.2, 0) is 0 Å². The summed E-state index contributed by atoms with van der Waals surface area (Å²) in [4.78, 5) is 14.8. The van der Waals surface area contributed by atoms with E-state index in [2.05, 4.69) is 44.9 Å². The van der Waals surface area contributed by atoms with Gasteiger partial charge in [0.15, 0.2) is 5.82 Å². The zero-order valence-electron chi connectivity index (χ0n) is 16.6. The van der Waals surface area contributed by atoms with Gasteiger partial charge in [0.1, 0.15) is 0 Å². The largest absolute Gasteiger partial charge is 0.336 e. The summed E-state index contributed by atoms with van der Waals surface area (Å²) in [6, 6.07) is 8.23. The van der Waals surface area contributed by atoms with Gasteiger partial charge in [0.05, 0.1) is 6.04 Å². The first kappa shape index (κ1) is 18.9. The van der Waals surface area contributed by atoms with Crippen LogP contribution in [0.5, 0.6) is 0 Å². The molecule has 1 saturated heterocycles. The molecular weight excluding hydrogens is 354 g/mol. The molecule has 150 valence electrons. The summed E-state index contributed by atoms with van der Waals surface area (Å²) in [6.45, 7) is 7.35. The molecule has 2 aromatic rings. The molecule has 0 bridgehead atoms. The van der Waals surface area contributed by atoms with Crippen LogP contribution in [0.2, 0.25) is 0 Å². The fraction of sp³-hybridized carbons (Fsp3) is 0.600. The van der Waals surface area contributed by atoms with Gasteiger partial charge in [0.25, 0.3) is 0 Å². The van der Waals surface area contributed by atoms with E-state index in [1.165, 1.54) is 12.8 Å². The average Bonchev–Trinajstić information content (AvgIpc) is 3.43. The number of carbonyl (C=O) groups excluding carboxylic acids is 1. The van der Waals surface area contributed by atoms with Gasteiger partial charge in [-0.25, -0.2) is 9.48 Å². The summed E-state index contributed by atoms with van der Waals surface area (Å²) in [6.07, 6.45) is 4.71. The maximum Gasteiger partial charge on any atom is 0.319 e. The normalized spacial score (nSPS) is 19.4. The second kappa shape index (κ2) is 8.26. The van der Waals surface area contributed by atoms with E-state index in [-0.39, 0.29) is 6.03 Å². The Balaban J connectivity index is 1.31. The molecule has 1 aliphatic heterocycles. The third-order valence-corrected chi connectivity index (χ3v) is 5.76. The van der Waals surface area contributed by atoms with Crippen molar-refractivity contribution in [1.29, 1.82) is 0 Å². The molecule has 0 unspecified atom stereocenters. The Hall–Kier alpha value is -2.48. The molecular formula is C20H29N7O. The van der Waals surface area contributed by atoms with Crippen LogP contribution in [0.4, 0.5) is 10.5 Å². The number of likely N-dealkylation sites (tertiary alicyclic amines) is 1. The highest BCUT2D eigenvalue weighted by atomic mass is 16.2. The number of nitrogens with one attached hydrogen (secondary N) is 2. The maximum atomic E-state index is 12.3. The Morgan fingerprint density at radius 1 is 1.25 bits per heavy atom. The molecule has 1 aromatic carbocycles. The molecule has 1 aliphatic carbocycles. The topological polar surface area (TPSA) is 88.0 Å². The van der Waals surface area contributed by atoms with Crippen LogP contribution in [0.1, 0.15) is 45.6 Å². The predicted molar refractivity (Wildman–Crippen MR) is 108 cm³/mol. The minimum absolute atomic E-state index is 0.184. The van der Waals surface area contributed by atoms with Crippen LogP contribution in [0.25, 0.3) is 11.4 Å². The zero-order chi connectivity index (χ0) is 19.5. The number of piperidine rings is 1. The third-order valence-electron chi connectivity index (χ3n) is 5.76. The van der Waals surface area contributed by atoms with Crippen molar-refractivity contribution >= 4 is 11.7 Å². The summed E-state index contributed by atoms with van der Waals surface area (Å²) in [5.41, 5.74) is 1.64. The molecule has 0 spiro atoms. The quantitative estimate of drug-likeness (QED) is 0.801. The number of hydrogen-bond acceptors (Lipinski definition) is 5. The molecule has 2 heterocycles. The van der Waals surface area contributed by atoms with Crippen molar-refractivity contribution in [2.24, 2.45) is 5.92 Å². The van der Waals surface area contributed by atoms with Gasteiger partial charge < -0.3 is 10.6 Å². The first-order valence-corrected chi connectivity index (χ1v) is 10.3. The van der Waals surface area contributed by atoms with Gasteiger partial charge in [-0.1, -0.05) is 19.1 Å².